The van der Waals surface area contributed by atoms with E-state index in [0.717, 1.165) is 25.7 Å². The van der Waals surface area contributed by atoms with Gasteiger partial charge < -0.3 is 5.32 Å². The zero-order valence-electron chi connectivity index (χ0n) is 7.60. The van der Waals surface area contributed by atoms with E-state index in [1.54, 1.807) is 0 Å². The molecule has 2 N–H and O–H groups in total. The molecule has 0 bridgehead atoms. The molecule has 0 radical (unpaired) electrons. The number of hydrogen-bond acceptors (Lipinski definition) is 1. The normalized spacial score (nSPS) is 10.5. The molecule has 0 aromatic heterocycles. The van der Waals surface area contributed by atoms with Crippen LogP contribution >= 0.6 is 0 Å². The van der Waals surface area contributed by atoms with Gasteiger partial charge in [-0.1, -0.05) is 26.7 Å². The van der Waals surface area contributed by atoms with Crippen LogP contribution in [0.4, 0.5) is 0 Å². The van der Waals surface area contributed by atoms with Gasteiger partial charge in [-0.25, -0.2) is 4.79 Å². The molecular weight excluding hydrogens is 138 g/mol. The quantitative estimate of drug-likeness (QED) is 0.595. The summed E-state index contributed by atoms with van der Waals surface area (Å²) >= 11 is 0. The number of hydrogen-bond donors (Lipinski definition) is 1. The summed E-state index contributed by atoms with van der Waals surface area (Å²) in [4.78, 5) is 11.2. The second-order valence-corrected chi connectivity index (χ2v) is 2.88. The predicted octanol–water partition coefficient (Wildman–Crippen LogP) is 1.08. The van der Waals surface area contributed by atoms with Crippen molar-refractivity contribution < 1.29 is 10.1 Å². The van der Waals surface area contributed by atoms with Crippen molar-refractivity contribution in [3.05, 3.63) is 7.05 Å². The fourth-order valence-electron chi connectivity index (χ4n) is 1.29. The third-order valence-electron chi connectivity index (χ3n) is 1.88. The molecule has 0 aliphatic rings. The van der Waals surface area contributed by atoms with Gasteiger partial charge in [-0.05, 0) is 12.8 Å². The first kappa shape index (κ1) is 10.6. The van der Waals surface area contributed by atoms with Gasteiger partial charge in [-0.2, -0.15) is 0 Å². The van der Waals surface area contributed by atoms with Crippen LogP contribution in [0.25, 0.3) is 0 Å². The highest BCUT2D eigenvalue weighted by atomic mass is 16.1. The standard InChI is InChI=1S/C9H19NO/c1-4-6-8(7-5-2)9(11)10-3/h8H,3-7,10H2,1-2H3. The molecule has 0 aliphatic heterocycles. The average Bonchev–Trinajstić information content (AvgIpc) is 2.03. The van der Waals surface area contributed by atoms with Crippen molar-refractivity contribution in [1.82, 2.24) is 0 Å². The molecule has 11 heavy (non-hydrogen) atoms. The van der Waals surface area contributed by atoms with Crippen molar-refractivity contribution in [1.29, 1.82) is 0 Å². The van der Waals surface area contributed by atoms with Crippen molar-refractivity contribution >= 4 is 5.91 Å². The minimum absolute atomic E-state index is 0.216. The van der Waals surface area contributed by atoms with Crippen LogP contribution in [0.2, 0.25) is 0 Å². The lowest BCUT2D eigenvalue weighted by Gasteiger charge is -2.11. The summed E-state index contributed by atoms with van der Waals surface area (Å²) in [5, 5.41) is 1.45. The molecule has 1 amide bonds. The summed E-state index contributed by atoms with van der Waals surface area (Å²) in [5.74, 6) is 0.455. The summed E-state index contributed by atoms with van der Waals surface area (Å²) < 4.78 is 0. The number of carbonyl (C=O) groups excluding carboxylic acids is 1. The monoisotopic (exact) mass is 157 g/mol. The average molecular weight is 157 g/mol. The van der Waals surface area contributed by atoms with Gasteiger partial charge in [-0.15, -0.1) is 7.05 Å². The van der Waals surface area contributed by atoms with E-state index in [2.05, 4.69) is 20.9 Å². The maximum absolute atomic E-state index is 11.2. The van der Waals surface area contributed by atoms with Crippen LogP contribution in [0.15, 0.2) is 0 Å². The molecule has 2 heteroatoms. The summed E-state index contributed by atoms with van der Waals surface area (Å²) in [6.45, 7) is 4.22. The SMILES string of the molecule is [CH2-][NH2+]C(=O)C(CCC)CCC. The van der Waals surface area contributed by atoms with Crippen LogP contribution < -0.4 is 5.32 Å². The van der Waals surface area contributed by atoms with Gasteiger partial charge in [0.15, 0.2) is 0 Å². The van der Waals surface area contributed by atoms with E-state index < -0.39 is 0 Å². The van der Waals surface area contributed by atoms with Crippen LogP contribution in [-0.2, 0) is 4.79 Å². The van der Waals surface area contributed by atoms with Gasteiger partial charge in [0.25, 0.3) is 5.91 Å². The highest BCUT2D eigenvalue weighted by Crippen LogP contribution is 2.11. The number of quaternary nitrogens is 1. The number of rotatable bonds is 5. The van der Waals surface area contributed by atoms with Gasteiger partial charge >= 0.3 is 0 Å². The maximum Gasteiger partial charge on any atom is 0.287 e. The highest BCUT2D eigenvalue weighted by Gasteiger charge is 2.16. The van der Waals surface area contributed by atoms with Crippen molar-refractivity contribution in [3.8, 4) is 0 Å². The van der Waals surface area contributed by atoms with Crippen molar-refractivity contribution in [2.45, 2.75) is 39.5 Å². The Bertz CT molecular complexity index is 106. The molecule has 0 aromatic carbocycles. The number of nitrogens with two attached hydrogens (primary N) is 1. The lowest BCUT2D eigenvalue weighted by Crippen LogP contribution is -2.83. The van der Waals surface area contributed by atoms with E-state index in [4.69, 9.17) is 0 Å². The second-order valence-electron chi connectivity index (χ2n) is 2.88. The molecule has 0 rings (SSSR count). The lowest BCUT2D eigenvalue weighted by molar-refractivity contribution is -0.511. The van der Waals surface area contributed by atoms with Gasteiger partial charge in [0.05, 0.1) is 5.92 Å². The zero-order chi connectivity index (χ0) is 8.69. The minimum Gasteiger partial charge on any atom is -0.415 e. The zero-order valence-corrected chi connectivity index (χ0v) is 7.60. The first-order chi connectivity index (χ1) is 5.26. The highest BCUT2D eigenvalue weighted by molar-refractivity contribution is 5.68. The maximum atomic E-state index is 11.2. The smallest absolute Gasteiger partial charge is 0.287 e. The number of carbonyl (C=O) groups is 1. The first-order valence-electron chi connectivity index (χ1n) is 4.42. The Labute approximate surface area is 69.4 Å². The summed E-state index contributed by atoms with van der Waals surface area (Å²) in [7, 11) is 3.50. The molecule has 0 unspecified atom stereocenters. The molecule has 0 atom stereocenters. The topological polar surface area (TPSA) is 33.7 Å². The summed E-state index contributed by atoms with van der Waals surface area (Å²) in [6, 6.07) is 0. The Morgan fingerprint density at radius 3 is 2.09 bits per heavy atom. The molecule has 0 spiro atoms. The van der Waals surface area contributed by atoms with Crippen LogP contribution in [-0.4, -0.2) is 5.91 Å². The lowest BCUT2D eigenvalue weighted by atomic mass is 9.98. The largest absolute Gasteiger partial charge is 0.415 e. The van der Waals surface area contributed by atoms with Gasteiger partial charge in [0, 0.05) is 0 Å². The molecule has 0 fully saturated rings. The number of amides is 1. The van der Waals surface area contributed by atoms with Crippen LogP contribution in [0.5, 0.6) is 0 Å². The van der Waals surface area contributed by atoms with Crippen LogP contribution in [0, 0.1) is 13.0 Å². The Kier molecular flexibility index (Phi) is 6.13. The van der Waals surface area contributed by atoms with Crippen molar-refractivity contribution in [2.24, 2.45) is 5.92 Å². The first-order valence-corrected chi connectivity index (χ1v) is 4.42. The Hall–Kier alpha value is -0.370. The van der Waals surface area contributed by atoms with Gasteiger partial charge in [0.1, 0.15) is 0 Å². The van der Waals surface area contributed by atoms with E-state index in [0.29, 0.717) is 0 Å². The molecule has 2 nitrogen and oxygen atoms in total. The van der Waals surface area contributed by atoms with E-state index in [1.165, 1.54) is 5.32 Å². The van der Waals surface area contributed by atoms with Crippen LogP contribution in [0.1, 0.15) is 39.5 Å². The van der Waals surface area contributed by atoms with Crippen molar-refractivity contribution in [2.75, 3.05) is 0 Å². The Balaban J connectivity index is 3.76. The third kappa shape index (κ3) is 4.14. The molecular formula is C9H19NO. The molecule has 0 aliphatic carbocycles. The molecule has 0 saturated carbocycles. The van der Waals surface area contributed by atoms with Crippen molar-refractivity contribution in [3.63, 3.8) is 0 Å². The molecule has 0 saturated heterocycles. The van der Waals surface area contributed by atoms with Gasteiger partial charge in [0.2, 0.25) is 0 Å². The summed E-state index contributed by atoms with van der Waals surface area (Å²) in [6.07, 6.45) is 4.20. The Morgan fingerprint density at radius 2 is 1.82 bits per heavy atom. The molecule has 0 aromatic rings. The van der Waals surface area contributed by atoms with E-state index in [9.17, 15) is 4.79 Å². The molecule has 0 heterocycles. The fourth-order valence-corrected chi connectivity index (χ4v) is 1.29. The third-order valence-corrected chi connectivity index (χ3v) is 1.88. The van der Waals surface area contributed by atoms with E-state index >= 15 is 0 Å². The Morgan fingerprint density at radius 1 is 1.36 bits per heavy atom. The predicted molar refractivity (Wildman–Crippen MR) is 45.6 cm³/mol. The minimum atomic E-state index is 0.216. The second kappa shape index (κ2) is 6.35. The summed E-state index contributed by atoms with van der Waals surface area (Å²) in [5.41, 5.74) is 0. The van der Waals surface area contributed by atoms with Crippen LogP contribution in [0.3, 0.4) is 0 Å². The van der Waals surface area contributed by atoms with Gasteiger partial charge in [-0.3, -0.25) is 0 Å². The number of primary amides is 1. The van der Waals surface area contributed by atoms with E-state index in [-0.39, 0.29) is 11.8 Å². The van der Waals surface area contributed by atoms with E-state index in [1.807, 2.05) is 0 Å². The fraction of sp³-hybridized carbons (Fsp3) is 0.778. The molecule has 66 valence electrons.